The Balaban J connectivity index is 0.824. The Morgan fingerprint density at radius 2 is 0.597 bits per heavy atom. The van der Waals surface area contributed by atoms with Gasteiger partial charge in [0.2, 0.25) is 0 Å². The van der Waals surface area contributed by atoms with Gasteiger partial charge < -0.3 is 9.80 Å². The number of benzene rings is 10. The molecule has 0 aromatic heterocycles. The van der Waals surface area contributed by atoms with E-state index in [0.717, 1.165) is 34.1 Å². The molecule has 0 aliphatic heterocycles. The maximum Gasteiger partial charge on any atom is 0.0465 e. The number of aryl methyl sites for hydroxylation is 2. The normalized spacial score (nSPS) is 13.6. The molecule has 10 aromatic carbocycles. The molecule has 0 radical (unpaired) electrons. The maximum atomic E-state index is 2.43. The van der Waals surface area contributed by atoms with Crippen molar-refractivity contribution < 1.29 is 0 Å². The van der Waals surface area contributed by atoms with Crippen molar-refractivity contribution in [2.45, 2.75) is 52.4 Å². The summed E-state index contributed by atoms with van der Waals surface area (Å²) >= 11 is 0. The third-order valence-electron chi connectivity index (χ3n) is 15.3. The van der Waals surface area contributed by atoms with Crippen molar-refractivity contribution in [3.05, 3.63) is 275 Å². The van der Waals surface area contributed by atoms with Gasteiger partial charge >= 0.3 is 0 Å². The highest BCUT2D eigenvalue weighted by molar-refractivity contribution is 5.89. The molecular formula is C70H58N2. The van der Waals surface area contributed by atoms with E-state index < -0.39 is 0 Å². The van der Waals surface area contributed by atoms with Gasteiger partial charge in [-0.2, -0.15) is 0 Å². The molecule has 348 valence electrons. The largest absolute Gasteiger partial charge is 0.310 e. The molecule has 0 fully saturated rings. The fourth-order valence-corrected chi connectivity index (χ4v) is 11.5. The fourth-order valence-electron chi connectivity index (χ4n) is 11.5. The van der Waals surface area contributed by atoms with Crippen molar-refractivity contribution in [2.24, 2.45) is 0 Å². The molecule has 0 N–H and O–H groups in total. The molecule has 72 heavy (non-hydrogen) atoms. The summed E-state index contributed by atoms with van der Waals surface area (Å²) in [5.74, 6) is 0. The van der Waals surface area contributed by atoms with Gasteiger partial charge in [0.15, 0.2) is 0 Å². The summed E-state index contributed by atoms with van der Waals surface area (Å²) in [6.45, 7) is 13.9. The number of fused-ring (bicyclic) bond motifs is 6. The van der Waals surface area contributed by atoms with Gasteiger partial charge in [0.1, 0.15) is 0 Å². The molecule has 2 heteroatoms. The Morgan fingerprint density at radius 1 is 0.278 bits per heavy atom. The monoisotopic (exact) mass is 926 g/mol. The van der Waals surface area contributed by atoms with Crippen LogP contribution in [-0.4, -0.2) is 0 Å². The number of nitrogens with zero attached hydrogens (tertiary/aromatic N) is 2. The van der Waals surface area contributed by atoms with Crippen LogP contribution in [0.3, 0.4) is 0 Å². The first-order valence-corrected chi connectivity index (χ1v) is 25.3. The zero-order chi connectivity index (χ0) is 49.1. The molecule has 0 spiro atoms. The van der Waals surface area contributed by atoms with Crippen molar-refractivity contribution in [2.75, 3.05) is 9.80 Å². The lowest BCUT2D eigenvalue weighted by atomic mass is 9.81. The van der Waals surface area contributed by atoms with Crippen molar-refractivity contribution in [1.29, 1.82) is 0 Å². The van der Waals surface area contributed by atoms with Crippen LogP contribution in [-0.2, 0) is 10.8 Å². The summed E-state index contributed by atoms with van der Waals surface area (Å²) in [5.41, 5.74) is 26.9. The number of rotatable bonds is 10. The van der Waals surface area contributed by atoms with Gasteiger partial charge in [0.05, 0.1) is 0 Å². The Labute approximate surface area is 425 Å². The molecule has 0 heterocycles. The number of anilines is 6. The smallest absolute Gasteiger partial charge is 0.0465 e. The van der Waals surface area contributed by atoms with Crippen LogP contribution in [0.5, 0.6) is 0 Å². The molecule has 10 aromatic rings. The maximum absolute atomic E-state index is 2.43. The summed E-state index contributed by atoms with van der Waals surface area (Å²) in [4.78, 5) is 4.80. The summed E-state index contributed by atoms with van der Waals surface area (Å²) < 4.78 is 0. The molecule has 2 aliphatic carbocycles. The third-order valence-corrected chi connectivity index (χ3v) is 15.3. The van der Waals surface area contributed by atoms with E-state index in [1.165, 1.54) is 89.0 Å². The first-order chi connectivity index (χ1) is 35.0. The zero-order valence-electron chi connectivity index (χ0n) is 42.0. The first-order valence-electron chi connectivity index (χ1n) is 25.3. The van der Waals surface area contributed by atoms with Gasteiger partial charge in [-0.05, 0) is 176 Å². The quantitative estimate of drug-likeness (QED) is 0.126. The van der Waals surface area contributed by atoms with E-state index in [0.29, 0.717) is 0 Å². The van der Waals surface area contributed by atoms with Gasteiger partial charge in [0.25, 0.3) is 0 Å². The zero-order valence-corrected chi connectivity index (χ0v) is 42.0. The second-order valence-electron chi connectivity index (χ2n) is 20.8. The average molecular weight is 927 g/mol. The van der Waals surface area contributed by atoms with E-state index in [-0.39, 0.29) is 10.8 Å². The van der Waals surface area contributed by atoms with E-state index in [1.807, 2.05) is 0 Å². The van der Waals surface area contributed by atoms with Crippen LogP contribution in [0.1, 0.15) is 72.2 Å². The molecule has 2 nitrogen and oxygen atoms in total. The Kier molecular flexibility index (Phi) is 11.0. The van der Waals surface area contributed by atoms with Crippen molar-refractivity contribution in [3.8, 4) is 44.5 Å². The predicted octanol–water partition coefficient (Wildman–Crippen LogP) is 19.4. The molecule has 0 amide bonds. The minimum absolute atomic E-state index is 0.192. The van der Waals surface area contributed by atoms with Crippen LogP contribution in [0.15, 0.2) is 231 Å². The summed E-state index contributed by atoms with van der Waals surface area (Å²) in [7, 11) is 0. The lowest BCUT2D eigenvalue weighted by molar-refractivity contribution is 0.660. The topological polar surface area (TPSA) is 6.48 Å². The van der Waals surface area contributed by atoms with Crippen LogP contribution in [0.4, 0.5) is 34.1 Å². The second-order valence-corrected chi connectivity index (χ2v) is 20.8. The summed E-state index contributed by atoms with van der Waals surface area (Å²) in [6, 6.07) is 85.0. The second kappa shape index (κ2) is 17.7. The fraction of sp³-hybridized carbons (Fsp3) is 0.114. The minimum atomic E-state index is -0.192. The molecule has 0 unspecified atom stereocenters. The Bertz CT molecular complexity index is 3450. The lowest BCUT2D eigenvalue weighted by Crippen LogP contribution is -2.17. The molecule has 0 saturated carbocycles. The lowest BCUT2D eigenvalue weighted by Gasteiger charge is -2.28. The summed E-state index contributed by atoms with van der Waals surface area (Å²) in [6.07, 6.45) is 4.59. The van der Waals surface area contributed by atoms with E-state index in [2.05, 4.69) is 294 Å². The summed E-state index contributed by atoms with van der Waals surface area (Å²) in [5, 5.41) is 0. The van der Waals surface area contributed by atoms with Crippen molar-refractivity contribution >= 4 is 46.3 Å². The van der Waals surface area contributed by atoms with Gasteiger partial charge in [-0.15, -0.1) is 0 Å². The molecule has 0 atom stereocenters. The Morgan fingerprint density at radius 3 is 0.972 bits per heavy atom. The molecule has 0 saturated heterocycles. The third kappa shape index (κ3) is 7.94. The van der Waals surface area contributed by atoms with Crippen LogP contribution in [0, 0.1) is 13.8 Å². The van der Waals surface area contributed by atoms with E-state index >= 15 is 0 Å². The van der Waals surface area contributed by atoms with Gasteiger partial charge in [0, 0.05) is 45.0 Å². The molecule has 0 bridgehead atoms. The molecule has 12 rings (SSSR count). The highest BCUT2D eigenvalue weighted by atomic mass is 15.1. The first kappa shape index (κ1) is 44.7. The highest BCUT2D eigenvalue weighted by Gasteiger charge is 2.38. The SMILES string of the molecule is Cc1cccc(N(c2ccc(-c3ccccc3)cc2)c2ccc3c(c2)C(C)(C)c2cc(/C=C/c4ccc5c(c4)C(C)(C)c4cc(N(c6ccc(-c7ccccc7)cc6)c6cccc(C)c6)ccc4-5)ccc2-3)c1. The van der Waals surface area contributed by atoms with Crippen LogP contribution < -0.4 is 9.80 Å². The number of hydrogen-bond acceptors (Lipinski definition) is 2. The minimum Gasteiger partial charge on any atom is -0.310 e. The Hall–Kier alpha value is -8.46. The van der Waals surface area contributed by atoms with Gasteiger partial charge in [-0.1, -0.05) is 198 Å². The van der Waals surface area contributed by atoms with Crippen LogP contribution in [0.2, 0.25) is 0 Å². The van der Waals surface area contributed by atoms with Crippen LogP contribution in [0.25, 0.3) is 56.7 Å². The van der Waals surface area contributed by atoms with Gasteiger partial charge in [-0.25, -0.2) is 0 Å². The van der Waals surface area contributed by atoms with E-state index in [9.17, 15) is 0 Å². The molecule has 2 aliphatic rings. The van der Waals surface area contributed by atoms with Crippen LogP contribution >= 0.6 is 0 Å². The predicted molar refractivity (Wildman–Crippen MR) is 307 cm³/mol. The van der Waals surface area contributed by atoms with Gasteiger partial charge in [-0.3, -0.25) is 0 Å². The van der Waals surface area contributed by atoms with Crippen molar-refractivity contribution in [1.82, 2.24) is 0 Å². The average Bonchev–Trinajstić information content (AvgIpc) is 3.77. The highest BCUT2D eigenvalue weighted by Crippen LogP contribution is 2.53. The van der Waals surface area contributed by atoms with Crippen molar-refractivity contribution in [3.63, 3.8) is 0 Å². The van der Waals surface area contributed by atoms with E-state index in [4.69, 9.17) is 0 Å². The van der Waals surface area contributed by atoms with E-state index in [1.54, 1.807) is 0 Å². The molecular weight excluding hydrogens is 869 g/mol. The number of hydrogen-bond donors (Lipinski definition) is 0. The standard InChI is InChI=1S/C70H58N2/c1-47-15-13-21-57(41-47)71(55-31-27-53(28-32-55)51-17-9-7-10-18-51)59-35-39-63-61-37-25-49(43-65(61)69(3,4)67(63)45-59)23-24-50-26-38-62-64-40-36-60(46-68(64)70(5,6)66(62)44-50)72(58-22-14-16-48(2)42-58)56-33-29-54(30-34-56)52-19-11-8-12-20-52/h7-46H,1-6H3/b24-23+.